The summed E-state index contributed by atoms with van der Waals surface area (Å²) in [6.45, 7) is 4.21. The van der Waals surface area contributed by atoms with Crippen molar-refractivity contribution in [2.75, 3.05) is 33.7 Å². The summed E-state index contributed by atoms with van der Waals surface area (Å²) in [5.41, 5.74) is 1.31. The van der Waals surface area contributed by atoms with Gasteiger partial charge in [-0.1, -0.05) is 37.3 Å². The Balaban J connectivity index is 1.69. The molecule has 2 rings (SSSR count). The van der Waals surface area contributed by atoms with Gasteiger partial charge in [-0.3, -0.25) is 4.79 Å². The quantitative estimate of drug-likeness (QED) is 0.902. The highest BCUT2D eigenvalue weighted by atomic mass is 16.2. The van der Waals surface area contributed by atoms with Crippen LogP contribution >= 0.6 is 0 Å². The van der Waals surface area contributed by atoms with Crippen LogP contribution in [0, 0.1) is 5.92 Å². The zero-order valence-electron chi connectivity index (χ0n) is 15.0. The molecule has 1 fully saturated rings. The lowest BCUT2D eigenvalue weighted by Gasteiger charge is -2.33. The molecule has 132 valence electrons. The van der Waals surface area contributed by atoms with E-state index >= 15 is 0 Å². The van der Waals surface area contributed by atoms with Gasteiger partial charge < -0.3 is 15.1 Å². The number of hydrogen-bond acceptors (Lipinski definition) is 2. The van der Waals surface area contributed by atoms with Crippen LogP contribution in [0.3, 0.4) is 0 Å². The molecule has 3 amide bonds. The maximum absolute atomic E-state index is 12.3. The van der Waals surface area contributed by atoms with Gasteiger partial charge in [0.15, 0.2) is 0 Å². The molecule has 0 bridgehead atoms. The van der Waals surface area contributed by atoms with E-state index in [0.29, 0.717) is 25.6 Å². The van der Waals surface area contributed by atoms with E-state index in [2.05, 4.69) is 24.4 Å². The summed E-state index contributed by atoms with van der Waals surface area (Å²) in [6.07, 6.45) is 2.44. The Morgan fingerprint density at radius 1 is 1.21 bits per heavy atom. The minimum absolute atomic E-state index is 0.0308. The Bertz CT molecular complexity index is 537. The molecule has 1 heterocycles. The van der Waals surface area contributed by atoms with E-state index in [1.165, 1.54) is 5.56 Å². The third-order valence-corrected chi connectivity index (χ3v) is 4.76. The van der Waals surface area contributed by atoms with Gasteiger partial charge in [-0.15, -0.1) is 0 Å². The highest BCUT2D eigenvalue weighted by Gasteiger charge is 2.27. The average Bonchev–Trinajstić information content (AvgIpc) is 2.61. The van der Waals surface area contributed by atoms with Gasteiger partial charge in [-0.25, -0.2) is 4.79 Å². The van der Waals surface area contributed by atoms with Gasteiger partial charge in [-0.2, -0.15) is 0 Å². The van der Waals surface area contributed by atoms with E-state index in [1.807, 2.05) is 23.1 Å². The van der Waals surface area contributed by atoms with Gasteiger partial charge in [-0.05, 0) is 30.7 Å². The van der Waals surface area contributed by atoms with E-state index < -0.39 is 0 Å². The molecule has 0 aliphatic carbocycles. The van der Waals surface area contributed by atoms with Gasteiger partial charge in [0.1, 0.15) is 0 Å². The Kier molecular flexibility index (Phi) is 6.64. The lowest BCUT2D eigenvalue weighted by molar-refractivity contribution is -0.126. The number of likely N-dealkylation sites (tertiary alicyclic amines) is 1. The number of rotatable bonds is 5. The predicted molar refractivity (Wildman–Crippen MR) is 95.9 cm³/mol. The van der Waals surface area contributed by atoms with Crippen molar-refractivity contribution in [3.8, 4) is 0 Å². The fraction of sp³-hybridized carbons (Fsp3) is 0.579. The zero-order chi connectivity index (χ0) is 17.5. The van der Waals surface area contributed by atoms with Gasteiger partial charge in [0.25, 0.3) is 0 Å². The van der Waals surface area contributed by atoms with Crippen molar-refractivity contribution in [2.24, 2.45) is 5.92 Å². The smallest absolute Gasteiger partial charge is 0.319 e. The minimum atomic E-state index is 0.0308. The van der Waals surface area contributed by atoms with Crippen LogP contribution in [-0.4, -0.2) is 55.5 Å². The van der Waals surface area contributed by atoms with Crippen molar-refractivity contribution >= 4 is 11.9 Å². The maximum Gasteiger partial charge on any atom is 0.319 e. The highest BCUT2D eigenvalue weighted by Crippen LogP contribution is 2.20. The first-order valence-corrected chi connectivity index (χ1v) is 8.78. The molecule has 5 nitrogen and oxygen atoms in total. The normalized spacial score (nSPS) is 16.5. The van der Waals surface area contributed by atoms with E-state index in [0.717, 1.165) is 19.3 Å². The maximum atomic E-state index is 12.3. The van der Waals surface area contributed by atoms with Crippen LogP contribution in [0.5, 0.6) is 0 Å². The molecule has 1 N–H and O–H groups in total. The Morgan fingerprint density at radius 3 is 2.42 bits per heavy atom. The number of carbonyl (C=O) groups excluding carboxylic acids is 2. The molecule has 0 spiro atoms. The molecule has 0 unspecified atom stereocenters. The van der Waals surface area contributed by atoms with Crippen molar-refractivity contribution in [1.82, 2.24) is 15.1 Å². The summed E-state index contributed by atoms with van der Waals surface area (Å²) >= 11 is 0. The molecular weight excluding hydrogens is 302 g/mol. The second-order valence-electron chi connectivity index (χ2n) is 6.83. The second-order valence-corrected chi connectivity index (χ2v) is 6.83. The Hall–Kier alpha value is -2.04. The molecule has 1 saturated heterocycles. The fourth-order valence-corrected chi connectivity index (χ4v) is 3.12. The number of carbonyl (C=O) groups is 2. The van der Waals surface area contributed by atoms with Crippen LogP contribution in [-0.2, 0) is 4.79 Å². The Morgan fingerprint density at radius 2 is 1.83 bits per heavy atom. The van der Waals surface area contributed by atoms with Crippen molar-refractivity contribution in [3.05, 3.63) is 35.9 Å². The summed E-state index contributed by atoms with van der Waals surface area (Å²) in [5, 5.41) is 3.07. The van der Waals surface area contributed by atoms with Crippen LogP contribution < -0.4 is 5.32 Å². The third kappa shape index (κ3) is 4.98. The van der Waals surface area contributed by atoms with Crippen LogP contribution in [0.2, 0.25) is 0 Å². The first-order valence-electron chi connectivity index (χ1n) is 8.78. The van der Waals surface area contributed by atoms with E-state index in [9.17, 15) is 9.59 Å². The number of urea groups is 1. The van der Waals surface area contributed by atoms with E-state index in [1.54, 1.807) is 19.0 Å². The number of nitrogens with zero attached hydrogens (tertiary/aromatic N) is 2. The molecule has 1 aromatic rings. The molecule has 1 aliphatic rings. The molecule has 24 heavy (non-hydrogen) atoms. The second kappa shape index (κ2) is 8.71. The topological polar surface area (TPSA) is 52.7 Å². The molecular formula is C19H29N3O2. The zero-order valence-corrected chi connectivity index (χ0v) is 15.0. The molecule has 0 saturated carbocycles. The monoisotopic (exact) mass is 331 g/mol. The fourth-order valence-electron chi connectivity index (χ4n) is 3.12. The number of benzene rings is 1. The van der Waals surface area contributed by atoms with Gasteiger partial charge >= 0.3 is 6.03 Å². The van der Waals surface area contributed by atoms with Crippen molar-refractivity contribution < 1.29 is 9.59 Å². The summed E-state index contributed by atoms with van der Waals surface area (Å²) in [7, 11) is 3.52. The number of hydrogen-bond donors (Lipinski definition) is 1. The third-order valence-electron chi connectivity index (χ3n) is 4.76. The van der Waals surface area contributed by atoms with Gasteiger partial charge in [0.2, 0.25) is 5.91 Å². The summed E-state index contributed by atoms with van der Waals surface area (Å²) in [4.78, 5) is 27.6. The van der Waals surface area contributed by atoms with Crippen molar-refractivity contribution in [2.45, 2.75) is 32.1 Å². The first kappa shape index (κ1) is 18.3. The lowest BCUT2D eigenvalue weighted by atomic mass is 9.95. The van der Waals surface area contributed by atoms with Crippen molar-refractivity contribution in [3.63, 3.8) is 0 Å². The highest BCUT2D eigenvalue weighted by molar-refractivity contribution is 5.79. The summed E-state index contributed by atoms with van der Waals surface area (Å²) < 4.78 is 0. The molecule has 0 aromatic heterocycles. The lowest BCUT2D eigenvalue weighted by Crippen LogP contribution is -2.46. The molecule has 1 aliphatic heterocycles. The van der Waals surface area contributed by atoms with Crippen LogP contribution in [0.1, 0.15) is 37.7 Å². The number of piperidine rings is 1. The van der Waals surface area contributed by atoms with Gasteiger partial charge in [0, 0.05) is 39.6 Å². The van der Waals surface area contributed by atoms with Crippen LogP contribution in [0.4, 0.5) is 4.79 Å². The standard InChI is InChI=1S/C19H29N3O2/c1-15(16-7-5-4-6-8-16)9-12-20-18(23)17-10-13-22(14-11-17)19(24)21(2)3/h4-8,15,17H,9-14H2,1-3H3,(H,20,23)/t15-/m1/s1. The molecule has 0 radical (unpaired) electrons. The average molecular weight is 331 g/mol. The van der Waals surface area contributed by atoms with Crippen molar-refractivity contribution in [1.29, 1.82) is 0 Å². The molecule has 1 aromatic carbocycles. The molecule has 5 heteroatoms. The largest absolute Gasteiger partial charge is 0.356 e. The van der Waals surface area contributed by atoms with Crippen LogP contribution in [0.25, 0.3) is 0 Å². The SMILES string of the molecule is C[C@H](CCNC(=O)C1CCN(C(=O)N(C)C)CC1)c1ccccc1. The van der Waals surface area contributed by atoms with Crippen LogP contribution in [0.15, 0.2) is 30.3 Å². The summed E-state index contributed by atoms with van der Waals surface area (Å²) in [6, 6.07) is 10.4. The van der Waals surface area contributed by atoms with E-state index in [-0.39, 0.29) is 17.9 Å². The molecule has 1 atom stereocenters. The predicted octanol–water partition coefficient (Wildman–Crippen LogP) is 2.69. The number of amides is 3. The summed E-state index contributed by atoms with van der Waals surface area (Å²) in [5.74, 6) is 0.599. The Labute approximate surface area is 145 Å². The first-order chi connectivity index (χ1) is 11.5. The van der Waals surface area contributed by atoms with E-state index in [4.69, 9.17) is 0 Å². The minimum Gasteiger partial charge on any atom is -0.356 e. The number of nitrogens with one attached hydrogen (secondary N) is 1. The van der Waals surface area contributed by atoms with Gasteiger partial charge in [0.05, 0.1) is 0 Å².